The SMILES string of the molecule is C=C(Br)/C(=C\C)C(=O)OC. The number of halogens is 1. The van der Waals surface area contributed by atoms with Gasteiger partial charge in [-0.15, -0.1) is 0 Å². The van der Waals surface area contributed by atoms with E-state index in [0.717, 1.165) is 0 Å². The number of methoxy groups -OCH3 is 1. The fourth-order valence-electron chi connectivity index (χ4n) is 0.495. The Kier molecular flexibility index (Phi) is 4.03. The van der Waals surface area contributed by atoms with E-state index in [4.69, 9.17) is 0 Å². The van der Waals surface area contributed by atoms with Crippen LogP contribution in [-0.2, 0) is 9.53 Å². The summed E-state index contributed by atoms with van der Waals surface area (Å²) in [4.78, 5) is 10.8. The number of carbonyl (C=O) groups is 1. The molecule has 0 spiro atoms. The zero-order chi connectivity index (χ0) is 8.15. The summed E-state index contributed by atoms with van der Waals surface area (Å²) in [7, 11) is 1.34. The fourth-order valence-corrected chi connectivity index (χ4v) is 0.886. The van der Waals surface area contributed by atoms with E-state index in [2.05, 4.69) is 27.2 Å². The summed E-state index contributed by atoms with van der Waals surface area (Å²) in [6, 6.07) is 0. The number of hydrogen-bond acceptors (Lipinski definition) is 2. The van der Waals surface area contributed by atoms with Gasteiger partial charge in [-0.25, -0.2) is 4.79 Å². The summed E-state index contributed by atoms with van der Waals surface area (Å²) in [5.74, 6) is -0.371. The van der Waals surface area contributed by atoms with Crippen molar-refractivity contribution in [3.63, 3.8) is 0 Å². The molecule has 2 nitrogen and oxygen atoms in total. The van der Waals surface area contributed by atoms with Crippen molar-refractivity contribution in [2.45, 2.75) is 6.92 Å². The Labute approximate surface area is 68.7 Å². The molecule has 0 aliphatic carbocycles. The Morgan fingerprint density at radius 2 is 2.20 bits per heavy atom. The maximum absolute atomic E-state index is 10.8. The molecule has 0 radical (unpaired) electrons. The van der Waals surface area contributed by atoms with E-state index >= 15 is 0 Å². The average molecular weight is 205 g/mol. The standard InChI is InChI=1S/C7H9BrO2/c1-4-6(5(2)8)7(9)10-3/h4H,2H2,1,3H3/b6-4+. The van der Waals surface area contributed by atoms with Crippen LogP contribution in [0, 0.1) is 0 Å². The first-order chi connectivity index (χ1) is 4.63. The van der Waals surface area contributed by atoms with Crippen molar-refractivity contribution >= 4 is 21.9 Å². The van der Waals surface area contributed by atoms with Crippen LogP contribution in [0.25, 0.3) is 0 Å². The summed E-state index contributed by atoms with van der Waals surface area (Å²) in [5, 5.41) is 0. The van der Waals surface area contributed by atoms with Crippen molar-refractivity contribution < 1.29 is 9.53 Å². The molecule has 0 aromatic heterocycles. The molecule has 0 aliphatic heterocycles. The second kappa shape index (κ2) is 4.28. The summed E-state index contributed by atoms with van der Waals surface area (Å²) in [6.07, 6.45) is 1.64. The van der Waals surface area contributed by atoms with Crippen LogP contribution in [0.4, 0.5) is 0 Å². The Bertz CT molecular complexity index is 182. The second-order valence-electron chi connectivity index (χ2n) is 1.60. The second-order valence-corrected chi connectivity index (χ2v) is 2.56. The molecule has 0 amide bonds. The smallest absolute Gasteiger partial charge is 0.338 e. The van der Waals surface area contributed by atoms with Gasteiger partial charge in [0, 0.05) is 4.48 Å². The van der Waals surface area contributed by atoms with Gasteiger partial charge in [0.15, 0.2) is 0 Å². The van der Waals surface area contributed by atoms with E-state index in [1.165, 1.54) is 7.11 Å². The topological polar surface area (TPSA) is 26.3 Å². The van der Waals surface area contributed by atoms with E-state index in [0.29, 0.717) is 10.1 Å². The molecular weight excluding hydrogens is 196 g/mol. The van der Waals surface area contributed by atoms with Crippen molar-refractivity contribution in [1.29, 1.82) is 0 Å². The van der Waals surface area contributed by atoms with Gasteiger partial charge in [0.1, 0.15) is 0 Å². The minimum atomic E-state index is -0.371. The zero-order valence-electron chi connectivity index (χ0n) is 5.98. The molecule has 0 heterocycles. The highest BCUT2D eigenvalue weighted by Crippen LogP contribution is 2.15. The predicted octanol–water partition coefficient (Wildman–Crippen LogP) is 2.01. The van der Waals surface area contributed by atoms with Gasteiger partial charge >= 0.3 is 5.97 Å². The van der Waals surface area contributed by atoms with Crippen molar-refractivity contribution in [3.05, 3.63) is 22.7 Å². The first-order valence-corrected chi connectivity index (χ1v) is 3.52. The number of allylic oxidation sites excluding steroid dienone is 1. The maximum Gasteiger partial charge on any atom is 0.338 e. The van der Waals surface area contributed by atoms with Crippen LogP contribution in [0.3, 0.4) is 0 Å². The largest absolute Gasteiger partial charge is 0.465 e. The molecule has 0 saturated heterocycles. The normalized spacial score (nSPS) is 10.9. The van der Waals surface area contributed by atoms with E-state index in [9.17, 15) is 4.79 Å². The lowest BCUT2D eigenvalue weighted by atomic mass is 10.2. The third-order valence-corrected chi connectivity index (χ3v) is 1.41. The van der Waals surface area contributed by atoms with Gasteiger partial charge in [0.2, 0.25) is 0 Å². The zero-order valence-corrected chi connectivity index (χ0v) is 7.56. The molecule has 10 heavy (non-hydrogen) atoms. The minimum absolute atomic E-state index is 0.371. The molecule has 0 aromatic rings. The number of hydrogen-bond donors (Lipinski definition) is 0. The molecular formula is C7H9BrO2. The van der Waals surface area contributed by atoms with E-state index < -0.39 is 0 Å². The molecule has 0 N–H and O–H groups in total. The molecule has 0 saturated carbocycles. The molecule has 0 bridgehead atoms. The van der Waals surface area contributed by atoms with Gasteiger partial charge in [-0.1, -0.05) is 28.6 Å². The lowest BCUT2D eigenvalue weighted by Crippen LogP contribution is -2.03. The van der Waals surface area contributed by atoms with Crippen LogP contribution < -0.4 is 0 Å². The average Bonchev–Trinajstić information content (AvgIpc) is 1.88. The van der Waals surface area contributed by atoms with Crippen LogP contribution in [-0.4, -0.2) is 13.1 Å². The van der Waals surface area contributed by atoms with Gasteiger partial charge < -0.3 is 4.74 Å². The van der Waals surface area contributed by atoms with Crippen LogP contribution >= 0.6 is 15.9 Å². The van der Waals surface area contributed by atoms with Crippen molar-refractivity contribution in [3.8, 4) is 0 Å². The molecule has 0 aromatic carbocycles. The van der Waals surface area contributed by atoms with Crippen molar-refractivity contribution in [2.75, 3.05) is 7.11 Å². The molecule has 0 atom stereocenters. The minimum Gasteiger partial charge on any atom is -0.465 e. The van der Waals surface area contributed by atoms with Gasteiger partial charge in [-0.05, 0) is 6.92 Å². The number of esters is 1. The van der Waals surface area contributed by atoms with Gasteiger partial charge in [0.05, 0.1) is 12.7 Å². The van der Waals surface area contributed by atoms with E-state index in [1.54, 1.807) is 13.0 Å². The van der Waals surface area contributed by atoms with Crippen molar-refractivity contribution in [2.24, 2.45) is 0 Å². The highest BCUT2D eigenvalue weighted by Gasteiger charge is 2.08. The molecule has 0 rings (SSSR count). The third kappa shape index (κ3) is 2.35. The van der Waals surface area contributed by atoms with Gasteiger partial charge in [-0.3, -0.25) is 0 Å². The Balaban J connectivity index is 4.39. The van der Waals surface area contributed by atoms with Gasteiger partial charge in [0.25, 0.3) is 0 Å². The Morgan fingerprint density at radius 1 is 1.70 bits per heavy atom. The summed E-state index contributed by atoms with van der Waals surface area (Å²) in [6.45, 7) is 5.29. The maximum atomic E-state index is 10.8. The Morgan fingerprint density at radius 3 is 2.30 bits per heavy atom. The summed E-state index contributed by atoms with van der Waals surface area (Å²) >= 11 is 3.08. The first-order valence-electron chi connectivity index (χ1n) is 2.73. The summed E-state index contributed by atoms with van der Waals surface area (Å²) < 4.78 is 5.01. The van der Waals surface area contributed by atoms with E-state index in [1.807, 2.05) is 0 Å². The number of ether oxygens (including phenoxy) is 1. The quantitative estimate of drug-likeness (QED) is 0.391. The molecule has 56 valence electrons. The lowest BCUT2D eigenvalue weighted by Gasteiger charge is -2.00. The number of rotatable bonds is 2. The molecule has 0 unspecified atom stereocenters. The highest BCUT2D eigenvalue weighted by molar-refractivity contribution is 9.12. The molecule has 0 aliphatic rings. The highest BCUT2D eigenvalue weighted by atomic mass is 79.9. The van der Waals surface area contributed by atoms with Crippen LogP contribution in [0.2, 0.25) is 0 Å². The van der Waals surface area contributed by atoms with Gasteiger partial charge in [-0.2, -0.15) is 0 Å². The van der Waals surface area contributed by atoms with E-state index in [-0.39, 0.29) is 5.97 Å². The summed E-state index contributed by atoms with van der Waals surface area (Å²) in [5.41, 5.74) is 0.461. The third-order valence-electron chi connectivity index (χ3n) is 0.986. The molecule has 3 heteroatoms. The van der Waals surface area contributed by atoms with Crippen LogP contribution in [0.1, 0.15) is 6.92 Å². The monoisotopic (exact) mass is 204 g/mol. The van der Waals surface area contributed by atoms with Crippen molar-refractivity contribution in [1.82, 2.24) is 0 Å². The lowest BCUT2D eigenvalue weighted by molar-refractivity contribution is -0.135. The molecule has 0 fully saturated rings. The first kappa shape index (κ1) is 9.43. The fraction of sp³-hybridized carbons (Fsp3) is 0.286. The predicted molar refractivity (Wildman–Crippen MR) is 43.8 cm³/mol. The van der Waals surface area contributed by atoms with Crippen LogP contribution in [0.15, 0.2) is 22.7 Å². The number of carbonyl (C=O) groups excluding carboxylic acids is 1. The van der Waals surface area contributed by atoms with Crippen LogP contribution in [0.5, 0.6) is 0 Å². The Hall–Kier alpha value is -0.570.